The summed E-state index contributed by atoms with van der Waals surface area (Å²) in [5, 5.41) is 8.03. The molecule has 0 fully saturated rings. The third kappa shape index (κ3) is 2.55. The maximum atomic E-state index is 12.3. The molecule has 2 aromatic rings. The molecular formula is C14H10ClN3O2S. The highest BCUT2D eigenvalue weighted by Crippen LogP contribution is 2.25. The Bertz CT molecular complexity index is 685. The quantitative estimate of drug-likeness (QED) is 0.817. The Morgan fingerprint density at radius 1 is 1.29 bits per heavy atom. The molecule has 0 aliphatic carbocycles. The van der Waals surface area contributed by atoms with Gasteiger partial charge in [-0.25, -0.2) is 5.01 Å². The van der Waals surface area contributed by atoms with E-state index >= 15 is 0 Å². The van der Waals surface area contributed by atoms with Crippen molar-refractivity contribution in [3.63, 3.8) is 0 Å². The monoisotopic (exact) mass is 319 g/mol. The molecule has 1 amide bonds. The second-order valence-electron chi connectivity index (χ2n) is 4.29. The minimum Gasteiger partial charge on any atom is -0.299 e. The fraction of sp³-hybridized carbons (Fsp3) is 0.0714. The number of nitrogens with zero attached hydrogens (tertiary/aromatic N) is 3. The molecule has 7 heteroatoms. The molecule has 1 aliphatic rings. The van der Waals surface area contributed by atoms with E-state index in [1.807, 2.05) is 5.38 Å². The molecule has 1 aromatic heterocycles. The third-order valence-electron chi connectivity index (χ3n) is 3.02. The number of anilines is 1. The molecule has 0 radical (unpaired) electrons. The summed E-state index contributed by atoms with van der Waals surface area (Å²) < 4.78 is 0. The molecular weight excluding hydrogens is 310 g/mol. The number of hydrogen-bond acceptors (Lipinski definition) is 5. The average molecular weight is 320 g/mol. The van der Waals surface area contributed by atoms with Crippen molar-refractivity contribution in [1.82, 2.24) is 4.90 Å². The predicted octanol–water partition coefficient (Wildman–Crippen LogP) is 2.83. The molecule has 5 nitrogen and oxygen atoms in total. The Balaban J connectivity index is 1.87. The van der Waals surface area contributed by atoms with Crippen LogP contribution >= 0.6 is 22.9 Å². The Kier molecular flexibility index (Phi) is 3.72. The molecule has 1 aromatic carbocycles. The van der Waals surface area contributed by atoms with Crippen molar-refractivity contribution in [3.8, 4) is 0 Å². The predicted molar refractivity (Wildman–Crippen MR) is 82.8 cm³/mol. The van der Waals surface area contributed by atoms with E-state index in [4.69, 9.17) is 11.6 Å². The number of aldehydes is 1. The van der Waals surface area contributed by atoms with Gasteiger partial charge < -0.3 is 0 Å². The number of benzene rings is 1. The number of carbonyl (C=O) groups is 2. The molecule has 0 N–H and O–H groups in total. The number of carbonyl (C=O) groups excluding carboxylic acids is 2. The first-order valence-corrected chi connectivity index (χ1v) is 7.37. The maximum absolute atomic E-state index is 12.3. The van der Waals surface area contributed by atoms with Crippen LogP contribution in [0.4, 0.5) is 5.69 Å². The lowest BCUT2D eigenvalue weighted by atomic mass is 10.3. The molecule has 21 heavy (non-hydrogen) atoms. The van der Waals surface area contributed by atoms with E-state index < -0.39 is 6.17 Å². The van der Waals surface area contributed by atoms with Crippen molar-refractivity contribution in [2.45, 2.75) is 6.17 Å². The molecule has 2 heterocycles. The largest absolute Gasteiger partial charge is 0.299 e. The second kappa shape index (κ2) is 5.67. The number of hydrazone groups is 1. The maximum Gasteiger partial charge on any atom is 0.271 e. The summed E-state index contributed by atoms with van der Waals surface area (Å²) in [5.41, 5.74) is 0.689. The van der Waals surface area contributed by atoms with E-state index in [-0.39, 0.29) is 5.91 Å². The van der Waals surface area contributed by atoms with Crippen molar-refractivity contribution in [1.29, 1.82) is 0 Å². The van der Waals surface area contributed by atoms with Gasteiger partial charge in [0.1, 0.15) is 6.34 Å². The van der Waals surface area contributed by atoms with Crippen LogP contribution in [0, 0.1) is 0 Å². The molecule has 0 saturated carbocycles. The van der Waals surface area contributed by atoms with Crippen LogP contribution in [0.3, 0.4) is 0 Å². The number of thiophene rings is 1. The second-order valence-corrected chi connectivity index (χ2v) is 5.68. The van der Waals surface area contributed by atoms with Gasteiger partial charge >= 0.3 is 0 Å². The number of hydrogen-bond donors (Lipinski definition) is 0. The molecule has 1 unspecified atom stereocenters. The Morgan fingerprint density at radius 3 is 2.67 bits per heavy atom. The third-order valence-corrected chi connectivity index (χ3v) is 4.13. The zero-order valence-electron chi connectivity index (χ0n) is 10.7. The molecule has 0 spiro atoms. The summed E-state index contributed by atoms with van der Waals surface area (Å²) in [7, 11) is 0. The van der Waals surface area contributed by atoms with E-state index in [1.165, 1.54) is 27.6 Å². The zero-order chi connectivity index (χ0) is 14.8. The van der Waals surface area contributed by atoms with Gasteiger partial charge in [-0.2, -0.15) is 5.10 Å². The van der Waals surface area contributed by atoms with Crippen LogP contribution < -0.4 is 5.01 Å². The van der Waals surface area contributed by atoms with E-state index in [0.29, 0.717) is 21.9 Å². The highest BCUT2D eigenvalue weighted by Gasteiger charge is 2.33. The van der Waals surface area contributed by atoms with Crippen LogP contribution in [-0.2, 0) is 4.79 Å². The minimum atomic E-state index is -0.791. The lowest BCUT2D eigenvalue weighted by Gasteiger charge is -2.24. The van der Waals surface area contributed by atoms with Crippen LogP contribution in [0.2, 0.25) is 5.02 Å². The van der Waals surface area contributed by atoms with Gasteiger partial charge in [0, 0.05) is 5.02 Å². The summed E-state index contributed by atoms with van der Waals surface area (Å²) in [5.74, 6) is -0.248. The lowest BCUT2D eigenvalue weighted by molar-refractivity contribution is -0.110. The van der Waals surface area contributed by atoms with E-state index in [9.17, 15) is 9.59 Å². The molecule has 3 rings (SSSR count). The molecule has 106 valence electrons. The van der Waals surface area contributed by atoms with E-state index in [2.05, 4.69) is 5.10 Å². The average Bonchev–Trinajstić information content (AvgIpc) is 3.16. The SMILES string of the molecule is O=CC1N(C(=O)c2cccs2)C=NN1c1ccc(Cl)cc1. The minimum absolute atomic E-state index is 0.248. The normalized spacial score (nSPS) is 17.3. The van der Waals surface area contributed by atoms with Crippen LogP contribution in [0.1, 0.15) is 9.67 Å². The molecule has 0 saturated heterocycles. The highest BCUT2D eigenvalue weighted by molar-refractivity contribution is 7.12. The van der Waals surface area contributed by atoms with Gasteiger partial charge in [0.15, 0.2) is 12.5 Å². The van der Waals surface area contributed by atoms with Gasteiger partial charge in [-0.1, -0.05) is 17.7 Å². The van der Waals surface area contributed by atoms with Crippen molar-refractivity contribution in [2.75, 3.05) is 5.01 Å². The van der Waals surface area contributed by atoms with Gasteiger partial charge in [-0.15, -0.1) is 11.3 Å². The Hall–Kier alpha value is -2.18. The van der Waals surface area contributed by atoms with Crippen LogP contribution in [-0.4, -0.2) is 29.6 Å². The van der Waals surface area contributed by atoms with Crippen LogP contribution in [0.5, 0.6) is 0 Å². The fourth-order valence-corrected chi connectivity index (χ4v) is 2.80. The molecule has 1 atom stereocenters. The molecule has 1 aliphatic heterocycles. The first-order chi connectivity index (χ1) is 10.2. The first kappa shape index (κ1) is 13.8. The van der Waals surface area contributed by atoms with Crippen LogP contribution in [0.15, 0.2) is 46.9 Å². The Labute approximate surface area is 130 Å². The number of halogens is 1. The van der Waals surface area contributed by atoms with Crippen molar-refractivity contribution in [2.24, 2.45) is 5.10 Å². The standard InChI is InChI=1S/C14H10ClN3O2S/c15-10-3-5-11(6-4-10)18-13(8-19)17(9-16-18)14(20)12-2-1-7-21-12/h1-9,13H. The van der Waals surface area contributed by atoms with E-state index in [1.54, 1.807) is 36.4 Å². The number of rotatable bonds is 3. The summed E-state index contributed by atoms with van der Waals surface area (Å²) in [6.45, 7) is 0. The summed E-state index contributed by atoms with van der Waals surface area (Å²) in [6, 6.07) is 10.4. The van der Waals surface area contributed by atoms with Gasteiger partial charge in [-0.05, 0) is 35.7 Å². The summed E-state index contributed by atoms with van der Waals surface area (Å²) in [6.07, 6.45) is 1.27. The van der Waals surface area contributed by atoms with Gasteiger partial charge in [0.05, 0.1) is 10.6 Å². The van der Waals surface area contributed by atoms with Crippen molar-refractivity contribution in [3.05, 3.63) is 51.7 Å². The van der Waals surface area contributed by atoms with Gasteiger partial charge in [0.25, 0.3) is 5.91 Å². The highest BCUT2D eigenvalue weighted by atomic mass is 35.5. The van der Waals surface area contributed by atoms with Gasteiger partial charge in [0.2, 0.25) is 0 Å². The lowest BCUT2D eigenvalue weighted by Crippen LogP contribution is -2.44. The fourth-order valence-electron chi connectivity index (χ4n) is 2.00. The first-order valence-electron chi connectivity index (χ1n) is 6.11. The summed E-state index contributed by atoms with van der Waals surface area (Å²) in [4.78, 5) is 25.6. The van der Waals surface area contributed by atoms with Gasteiger partial charge in [-0.3, -0.25) is 14.5 Å². The topological polar surface area (TPSA) is 53.0 Å². The van der Waals surface area contributed by atoms with Crippen molar-refractivity contribution >= 4 is 47.2 Å². The van der Waals surface area contributed by atoms with E-state index in [0.717, 1.165) is 0 Å². The Morgan fingerprint density at radius 2 is 2.05 bits per heavy atom. The van der Waals surface area contributed by atoms with Crippen molar-refractivity contribution < 1.29 is 9.59 Å². The van der Waals surface area contributed by atoms with Crippen LogP contribution in [0.25, 0.3) is 0 Å². The summed E-state index contributed by atoms with van der Waals surface area (Å²) >= 11 is 7.17. The number of amides is 1. The molecule has 0 bridgehead atoms. The zero-order valence-corrected chi connectivity index (χ0v) is 12.3. The smallest absolute Gasteiger partial charge is 0.271 e.